The summed E-state index contributed by atoms with van der Waals surface area (Å²) in [5, 5.41) is 30.1. The number of Topliss-reactive ketones (excluding diaryl/α,β-unsaturated/α-hetero) is 1. The van der Waals surface area contributed by atoms with Crippen LogP contribution in [0.15, 0.2) is 72.3 Å². The number of rotatable bonds is 11. The minimum absolute atomic E-state index is 0.00372. The molecule has 7 rings (SSSR count). The number of ether oxygens (including phenoxy) is 4. The first-order valence-electron chi connectivity index (χ1n) is 20.8. The van der Waals surface area contributed by atoms with Crippen LogP contribution >= 0.6 is 0 Å². The van der Waals surface area contributed by atoms with Gasteiger partial charge in [-0.05, 0) is 102 Å². The number of aliphatic hydroxyl groups is 2. The number of hydrogen-bond acceptors (Lipinski definition) is 11. The zero-order valence-corrected chi connectivity index (χ0v) is 35.3. The number of hydrogen-bond donors (Lipinski definition) is 5. The summed E-state index contributed by atoms with van der Waals surface area (Å²) in [6, 6.07) is 12.5. The zero-order valence-electron chi connectivity index (χ0n) is 35.3. The van der Waals surface area contributed by atoms with Crippen molar-refractivity contribution in [2.45, 2.75) is 123 Å². The van der Waals surface area contributed by atoms with Gasteiger partial charge in [0.25, 0.3) is 0 Å². The molecule has 0 aromatic heterocycles. The molecule has 1 heterocycles. The first-order valence-corrected chi connectivity index (χ1v) is 20.8. The number of benzene rings is 2. The molecular formula is C46H57N3O11. The van der Waals surface area contributed by atoms with Gasteiger partial charge in [0.2, 0.25) is 11.8 Å². The Bertz CT molecular complexity index is 2090. The van der Waals surface area contributed by atoms with E-state index in [1.807, 2.05) is 37.3 Å². The summed E-state index contributed by atoms with van der Waals surface area (Å²) in [6.45, 7) is 11.8. The zero-order chi connectivity index (χ0) is 43.4. The Morgan fingerprint density at radius 2 is 1.72 bits per heavy atom. The summed E-state index contributed by atoms with van der Waals surface area (Å²) in [7, 11) is 0. The van der Waals surface area contributed by atoms with Crippen LogP contribution < -0.4 is 20.7 Å². The lowest BCUT2D eigenvalue weighted by molar-refractivity contribution is -0.201. The molecule has 2 aromatic rings. The Labute approximate surface area is 350 Å². The Morgan fingerprint density at radius 3 is 2.42 bits per heavy atom. The lowest BCUT2D eigenvalue weighted by atomic mass is 9.46. The van der Waals surface area contributed by atoms with E-state index in [2.05, 4.69) is 22.9 Å². The van der Waals surface area contributed by atoms with Crippen LogP contribution in [0.4, 0.5) is 10.5 Å². The maximum Gasteiger partial charge on any atom is 0.408 e. The number of carbonyl (C=O) groups is 5. The molecule has 322 valence electrons. The number of aliphatic hydroxyl groups excluding tert-OH is 2. The number of amides is 3. The Hall–Kier alpha value is -4.89. The van der Waals surface area contributed by atoms with Crippen LogP contribution in [-0.2, 0) is 40.0 Å². The van der Waals surface area contributed by atoms with E-state index in [0.717, 1.165) is 24.0 Å². The summed E-state index contributed by atoms with van der Waals surface area (Å²) in [5.74, 6) is -1.05. The molecule has 0 radical (unpaired) electrons. The van der Waals surface area contributed by atoms with Crippen molar-refractivity contribution >= 4 is 35.2 Å². The van der Waals surface area contributed by atoms with Crippen molar-refractivity contribution in [3.8, 4) is 5.75 Å². The first kappa shape index (κ1) is 43.2. The Morgan fingerprint density at radius 1 is 1.00 bits per heavy atom. The van der Waals surface area contributed by atoms with Crippen LogP contribution in [0.3, 0.4) is 0 Å². The summed E-state index contributed by atoms with van der Waals surface area (Å²) >= 11 is 0. The van der Waals surface area contributed by atoms with Crippen LogP contribution in [0.2, 0.25) is 0 Å². The fourth-order valence-corrected chi connectivity index (χ4v) is 10.6. The molecular weight excluding hydrogens is 771 g/mol. The molecule has 2 aromatic carbocycles. The Kier molecular flexibility index (Phi) is 11.7. The van der Waals surface area contributed by atoms with E-state index in [9.17, 15) is 34.2 Å². The van der Waals surface area contributed by atoms with Crippen LogP contribution in [0.1, 0.15) is 91.6 Å². The van der Waals surface area contributed by atoms with E-state index in [-0.39, 0.29) is 30.1 Å². The van der Waals surface area contributed by atoms with Gasteiger partial charge in [-0.25, -0.2) is 4.79 Å². The van der Waals surface area contributed by atoms with Gasteiger partial charge in [-0.1, -0.05) is 55.8 Å². The molecule has 0 unspecified atom stereocenters. The smallest absolute Gasteiger partial charge is 0.408 e. The third kappa shape index (κ3) is 7.90. The average Bonchev–Trinajstić information content (AvgIpc) is 3.69. The highest BCUT2D eigenvalue weighted by molar-refractivity contribution is 6.01. The normalized spacial score (nSPS) is 32.5. The number of allylic oxidation sites excluding steroid dienone is 4. The third-order valence-corrected chi connectivity index (χ3v) is 13.4. The molecule has 1 saturated heterocycles. The highest BCUT2D eigenvalue weighted by atomic mass is 16.7. The minimum atomic E-state index is -1.44. The van der Waals surface area contributed by atoms with Gasteiger partial charge >= 0.3 is 6.09 Å². The molecule has 1 aliphatic heterocycles. The number of carbonyl (C=O) groups excluding carboxylic acids is 5. The van der Waals surface area contributed by atoms with Crippen LogP contribution in [-0.4, -0.2) is 81.8 Å². The molecule has 14 heteroatoms. The highest BCUT2D eigenvalue weighted by Gasteiger charge is 2.75. The van der Waals surface area contributed by atoms with Gasteiger partial charge < -0.3 is 45.1 Å². The fraction of sp³-hybridized carbons (Fsp3) is 0.543. The van der Waals surface area contributed by atoms with Crippen molar-refractivity contribution in [1.82, 2.24) is 10.6 Å². The molecule has 14 nitrogen and oxygen atoms in total. The van der Waals surface area contributed by atoms with Crippen molar-refractivity contribution < 1.29 is 53.1 Å². The molecule has 3 saturated carbocycles. The van der Waals surface area contributed by atoms with Gasteiger partial charge in [-0.3, -0.25) is 19.2 Å². The molecule has 0 spiro atoms. The maximum absolute atomic E-state index is 13.9. The molecule has 4 fully saturated rings. The van der Waals surface area contributed by atoms with E-state index in [1.165, 1.54) is 13.8 Å². The fourth-order valence-electron chi connectivity index (χ4n) is 10.6. The number of fused-ring (bicyclic) bond motifs is 7. The molecule has 0 bridgehead atoms. The maximum atomic E-state index is 13.9. The van der Waals surface area contributed by atoms with Gasteiger partial charge in [0, 0.05) is 34.1 Å². The average molecular weight is 828 g/mol. The third-order valence-electron chi connectivity index (χ3n) is 13.4. The first-order chi connectivity index (χ1) is 28.3. The standard InChI is InChI=1S/C46H57N3O11/c1-25(47-39(54)26(2)48-42(56)60-43(3,4)5)40(55)49-30-9-8-10-32(20-30)57-24-27-11-13-28(14-12-27)41-58-37-21-34-33-16-15-29-19-31(51)17-18-44(29,6)38(33)35(52)22-45(34,7)46(37,59-41)36(53)23-50/h8-14,17-20,25-26,33-35,37-38,41,50,52H,15-16,21-24H2,1-7H3,(H,47,54)(H,48,56)(H,49,55)/t25-,26-,33-,34-,35-,37+,38+,41+,44-,45-,46+/m0/s1. The van der Waals surface area contributed by atoms with Gasteiger partial charge in [-0.2, -0.15) is 0 Å². The van der Waals surface area contributed by atoms with Crippen LogP contribution in [0, 0.1) is 28.6 Å². The van der Waals surface area contributed by atoms with Crippen LogP contribution in [0.5, 0.6) is 5.75 Å². The van der Waals surface area contributed by atoms with Crippen molar-refractivity contribution in [3.63, 3.8) is 0 Å². The van der Waals surface area contributed by atoms with E-state index >= 15 is 0 Å². The van der Waals surface area contributed by atoms with Crippen molar-refractivity contribution in [2.75, 3.05) is 11.9 Å². The highest BCUT2D eigenvalue weighted by Crippen LogP contribution is 2.70. The van der Waals surface area contributed by atoms with Gasteiger partial charge in [0.15, 0.2) is 23.5 Å². The molecule has 60 heavy (non-hydrogen) atoms. The molecule has 4 aliphatic carbocycles. The van der Waals surface area contributed by atoms with Crippen LogP contribution in [0.25, 0.3) is 0 Å². The lowest BCUT2D eigenvalue weighted by Gasteiger charge is -2.59. The lowest BCUT2D eigenvalue weighted by Crippen LogP contribution is -2.63. The quantitative estimate of drug-likeness (QED) is 0.199. The van der Waals surface area contributed by atoms with E-state index < -0.39 is 82.9 Å². The topological polar surface area (TPSA) is 199 Å². The number of nitrogens with one attached hydrogen (secondary N) is 3. The largest absolute Gasteiger partial charge is 0.489 e. The number of anilines is 1. The SMILES string of the molecule is C[C@H](NC(=O)OC(C)(C)C)C(=O)N[C@@H](C)C(=O)Nc1cccc(OCc2ccc([C@@H]3O[C@@H]4C[C@H]5[C@@H]6CCC7=CC(=O)C=C[C@]7(C)[C@H]6[C@@H](O)C[C@]5(C)[C@]4(C(=O)CO)O3)cc2)c1. The van der Waals surface area contributed by atoms with Crippen molar-refractivity contribution in [3.05, 3.63) is 83.5 Å². The summed E-state index contributed by atoms with van der Waals surface area (Å²) in [4.78, 5) is 63.7. The monoisotopic (exact) mass is 827 g/mol. The van der Waals surface area contributed by atoms with E-state index in [4.69, 9.17) is 18.9 Å². The van der Waals surface area contributed by atoms with Crippen molar-refractivity contribution in [1.29, 1.82) is 0 Å². The van der Waals surface area contributed by atoms with Gasteiger partial charge in [0.1, 0.15) is 36.6 Å². The van der Waals surface area contributed by atoms with Gasteiger partial charge in [-0.15, -0.1) is 0 Å². The summed E-state index contributed by atoms with van der Waals surface area (Å²) < 4.78 is 24.6. The number of ketones is 2. The predicted octanol–water partition coefficient (Wildman–Crippen LogP) is 5.22. The second-order valence-corrected chi connectivity index (χ2v) is 18.5. The Balaban J connectivity index is 0.960. The van der Waals surface area contributed by atoms with Gasteiger partial charge in [0.05, 0.1) is 12.2 Å². The number of alkyl carbamates (subject to hydrolysis) is 1. The molecule has 11 atom stereocenters. The molecule has 5 N–H and O–H groups in total. The summed E-state index contributed by atoms with van der Waals surface area (Å²) in [5.41, 5.74) is -0.378. The minimum Gasteiger partial charge on any atom is -0.489 e. The molecule has 5 aliphatic rings. The van der Waals surface area contributed by atoms with Crippen molar-refractivity contribution in [2.24, 2.45) is 28.6 Å². The second kappa shape index (κ2) is 16.2. The van der Waals surface area contributed by atoms with E-state index in [1.54, 1.807) is 57.2 Å². The summed E-state index contributed by atoms with van der Waals surface area (Å²) in [6.07, 6.45) is 4.67. The van der Waals surface area contributed by atoms with E-state index in [0.29, 0.717) is 29.8 Å². The second-order valence-electron chi connectivity index (χ2n) is 18.5. The predicted molar refractivity (Wildman–Crippen MR) is 219 cm³/mol. The molecule has 3 amide bonds.